The molecule has 0 aromatic carbocycles. The third kappa shape index (κ3) is 2.03. The number of nitrogens with zero attached hydrogens (tertiary/aromatic N) is 1. The van der Waals surface area contributed by atoms with Crippen molar-refractivity contribution in [2.75, 3.05) is 19.6 Å². The van der Waals surface area contributed by atoms with Crippen molar-refractivity contribution in [3.05, 3.63) is 16.6 Å². The molecule has 1 aromatic rings. The summed E-state index contributed by atoms with van der Waals surface area (Å²) in [5, 5.41) is 6.68. The molecule has 3 nitrogen and oxygen atoms in total. The number of hydrogen-bond donors (Lipinski definition) is 2. The fourth-order valence-corrected chi connectivity index (χ4v) is 1.79. The van der Waals surface area contributed by atoms with Gasteiger partial charge in [-0.2, -0.15) is 0 Å². The molecule has 12 heavy (non-hydrogen) atoms. The first-order valence-corrected chi connectivity index (χ1v) is 5.12. The van der Waals surface area contributed by atoms with E-state index in [4.69, 9.17) is 0 Å². The molecule has 1 aliphatic heterocycles. The Balaban J connectivity index is 1.62. The summed E-state index contributed by atoms with van der Waals surface area (Å²) in [6.45, 7) is 4.46. The van der Waals surface area contributed by atoms with Crippen LogP contribution >= 0.6 is 11.3 Å². The molecule has 1 saturated heterocycles. The van der Waals surface area contributed by atoms with Gasteiger partial charge in [-0.3, -0.25) is 4.98 Å². The molecule has 2 N–H and O–H groups in total. The van der Waals surface area contributed by atoms with Gasteiger partial charge in [-0.25, -0.2) is 0 Å². The molecule has 2 rings (SSSR count). The Morgan fingerprint density at radius 2 is 2.58 bits per heavy atom. The van der Waals surface area contributed by atoms with Gasteiger partial charge in [0.1, 0.15) is 0 Å². The van der Waals surface area contributed by atoms with Crippen LogP contribution in [0, 0.1) is 5.92 Å². The number of thiazole rings is 1. The Hall–Kier alpha value is -0.450. The van der Waals surface area contributed by atoms with E-state index < -0.39 is 0 Å². The number of hydrogen-bond acceptors (Lipinski definition) is 4. The van der Waals surface area contributed by atoms with Gasteiger partial charge in [-0.1, -0.05) is 0 Å². The summed E-state index contributed by atoms with van der Waals surface area (Å²) in [7, 11) is 0. The highest BCUT2D eigenvalue weighted by molar-refractivity contribution is 7.09. The van der Waals surface area contributed by atoms with Crippen molar-refractivity contribution in [1.82, 2.24) is 15.6 Å². The number of nitrogens with one attached hydrogen (secondary N) is 2. The van der Waals surface area contributed by atoms with E-state index in [1.165, 1.54) is 18.0 Å². The summed E-state index contributed by atoms with van der Waals surface area (Å²) in [5.74, 6) is 0.845. The second-order valence-electron chi connectivity index (χ2n) is 3.12. The molecule has 0 bridgehead atoms. The molecule has 4 heteroatoms. The highest BCUT2D eigenvalue weighted by atomic mass is 32.1. The molecule has 1 aromatic heterocycles. The minimum atomic E-state index is 0.845. The molecule has 0 radical (unpaired) electrons. The maximum Gasteiger partial charge on any atom is 0.0794 e. The first kappa shape index (κ1) is 8.16. The number of rotatable bonds is 4. The quantitative estimate of drug-likeness (QED) is 0.712. The van der Waals surface area contributed by atoms with Crippen LogP contribution < -0.4 is 10.6 Å². The third-order valence-electron chi connectivity index (χ3n) is 2.08. The Kier molecular flexibility index (Phi) is 2.71. The molecule has 1 fully saturated rings. The van der Waals surface area contributed by atoms with Gasteiger partial charge in [0.25, 0.3) is 0 Å². The summed E-state index contributed by atoms with van der Waals surface area (Å²) < 4.78 is 0. The van der Waals surface area contributed by atoms with Crippen LogP contribution in [0.4, 0.5) is 0 Å². The van der Waals surface area contributed by atoms with Crippen LogP contribution in [0.3, 0.4) is 0 Å². The van der Waals surface area contributed by atoms with Crippen molar-refractivity contribution >= 4 is 11.3 Å². The Labute approximate surface area is 76.2 Å². The maximum absolute atomic E-state index is 4.02. The summed E-state index contributed by atoms with van der Waals surface area (Å²) in [5.41, 5.74) is 1.88. The van der Waals surface area contributed by atoms with E-state index >= 15 is 0 Å². The standard InChI is InChI=1S/C8H13N3S/c1-7(2-9-1)3-10-4-8-5-11-6-12-8/h5-7,9-10H,1-4H2. The number of aromatic nitrogens is 1. The highest BCUT2D eigenvalue weighted by Crippen LogP contribution is 2.05. The second-order valence-corrected chi connectivity index (χ2v) is 4.09. The molecule has 2 heterocycles. The molecule has 0 unspecified atom stereocenters. The lowest BCUT2D eigenvalue weighted by molar-refractivity contribution is 0.331. The SMILES string of the molecule is c1ncc(CNCC2CNC2)s1. The van der Waals surface area contributed by atoms with Crippen LogP contribution in [-0.2, 0) is 6.54 Å². The molecule has 0 saturated carbocycles. The van der Waals surface area contributed by atoms with Crippen molar-refractivity contribution in [1.29, 1.82) is 0 Å². The fraction of sp³-hybridized carbons (Fsp3) is 0.625. The summed E-state index contributed by atoms with van der Waals surface area (Å²) in [6.07, 6.45) is 1.93. The van der Waals surface area contributed by atoms with Gasteiger partial charge in [0.2, 0.25) is 0 Å². The molecule has 0 amide bonds. The van der Waals surface area contributed by atoms with Crippen molar-refractivity contribution in [3.8, 4) is 0 Å². The van der Waals surface area contributed by atoms with Crippen LogP contribution in [0.1, 0.15) is 4.88 Å². The Bertz CT molecular complexity index is 218. The smallest absolute Gasteiger partial charge is 0.0794 e. The zero-order valence-electron chi connectivity index (χ0n) is 6.92. The monoisotopic (exact) mass is 183 g/mol. The van der Waals surface area contributed by atoms with Gasteiger partial charge in [0, 0.05) is 37.3 Å². The fourth-order valence-electron chi connectivity index (χ4n) is 1.22. The predicted molar refractivity (Wildman–Crippen MR) is 50.2 cm³/mol. The van der Waals surface area contributed by atoms with E-state index in [1.54, 1.807) is 11.3 Å². The van der Waals surface area contributed by atoms with Gasteiger partial charge < -0.3 is 10.6 Å². The van der Waals surface area contributed by atoms with Gasteiger partial charge in [-0.05, 0) is 5.92 Å². The van der Waals surface area contributed by atoms with Crippen LogP contribution in [0.5, 0.6) is 0 Å². The molecule has 0 spiro atoms. The Morgan fingerprint density at radius 3 is 3.17 bits per heavy atom. The topological polar surface area (TPSA) is 37.0 Å². The van der Waals surface area contributed by atoms with E-state index in [0.717, 1.165) is 19.0 Å². The van der Waals surface area contributed by atoms with Gasteiger partial charge >= 0.3 is 0 Å². The van der Waals surface area contributed by atoms with E-state index in [-0.39, 0.29) is 0 Å². The molecule has 1 aliphatic rings. The van der Waals surface area contributed by atoms with Crippen molar-refractivity contribution < 1.29 is 0 Å². The predicted octanol–water partition coefficient (Wildman–Crippen LogP) is 0.452. The molecule has 0 atom stereocenters. The Morgan fingerprint density at radius 1 is 1.67 bits per heavy atom. The van der Waals surface area contributed by atoms with Crippen LogP contribution in [0.15, 0.2) is 11.7 Å². The summed E-state index contributed by atoms with van der Waals surface area (Å²) in [4.78, 5) is 5.34. The minimum Gasteiger partial charge on any atom is -0.316 e. The normalized spacial score (nSPS) is 17.7. The van der Waals surface area contributed by atoms with Crippen LogP contribution in [0.2, 0.25) is 0 Å². The van der Waals surface area contributed by atoms with E-state index in [0.29, 0.717) is 0 Å². The highest BCUT2D eigenvalue weighted by Gasteiger charge is 2.15. The zero-order chi connectivity index (χ0) is 8.23. The van der Waals surface area contributed by atoms with Crippen molar-refractivity contribution in [2.24, 2.45) is 5.92 Å². The summed E-state index contributed by atoms with van der Waals surface area (Å²) >= 11 is 1.71. The lowest BCUT2D eigenvalue weighted by atomic mass is 10.0. The summed E-state index contributed by atoms with van der Waals surface area (Å²) in [6, 6.07) is 0. The zero-order valence-corrected chi connectivity index (χ0v) is 7.73. The van der Waals surface area contributed by atoms with E-state index in [2.05, 4.69) is 15.6 Å². The third-order valence-corrected chi connectivity index (χ3v) is 2.86. The average molecular weight is 183 g/mol. The average Bonchev–Trinajstić information content (AvgIpc) is 2.46. The second kappa shape index (κ2) is 3.98. The van der Waals surface area contributed by atoms with E-state index in [1.807, 2.05) is 11.7 Å². The lowest BCUT2D eigenvalue weighted by Gasteiger charge is -2.27. The molecular weight excluding hydrogens is 170 g/mol. The molecular formula is C8H13N3S. The van der Waals surface area contributed by atoms with Gasteiger partial charge in [0.05, 0.1) is 5.51 Å². The van der Waals surface area contributed by atoms with E-state index in [9.17, 15) is 0 Å². The van der Waals surface area contributed by atoms with Gasteiger partial charge in [-0.15, -0.1) is 11.3 Å². The van der Waals surface area contributed by atoms with Gasteiger partial charge in [0.15, 0.2) is 0 Å². The van der Waals surface area contributed by atoms with Crippen molar-refractivity contribution in [2.45, 2.75) is 6.54 Å². The maximum atomic E-state index is 4.02. The minimum absolute atomic E-state index is 0.845. The largest absolute Gasteiger partial charge is 0.316 e. The first-order chi connectivity index (χ1) is 5.95. The van der Waals surface area contributed by atoms with Crippen molar-refractivity contribution in [3.63, 3.8) is 0 Å². The molecule has 66 valence electrons. The molecule has 0 aliphatic carbocycles. The van der Waals surface area contributed by atoms with Crippen LogP contribution in [0.25, 0.3) is 0 Å². The first-order valence-electron chi connectivity index (χ1n) is 4.24. The lowest BCUT2D eigenvalue weighted by Crippen LogP contribution is -2.46. The van der Waals surface area contributed by atoms with Crippen LogP contribution in [-0.4, -0.2) is 24.6 Å².